The van der Waals surface area contributed by atoms with E-state index < -0.39 is 27.6 Å². The lowest BCUT2D eigenvalue weighted by Crippen LogP contribution is -2.50. The van der Waals surface area contributed by atoms with Crippen LogP contribution in [0.2, 0.25) is 0 Å². The van der Waals surface area contributed by atoms with Gasteiger partial charge in [0.05, 0.1) is 17.6 Å². The smallest absolute Gasteiger partial charge is 0.262 e. The molecular weight excluding hydrogens is 448 g/mol. The molecule has 176 valence electrons. The van der Waals surface area contributed by atoms with Crippen molar-refractivity contribution in [3.8, 4) is 5.75 Å². The Hall–Kier alpha value is -2.07. The molecule has 0 fully saturated rings. The second-order valence-corrected chi connectivity index (χ2v) is 11.1. The summed E-state index contributed by atoms with van der Waals surface area (Å²) in [7, 11) is -2.48. The maximum atomic E-state index is 13.7. The fourth-order valence-electron chi connectivity index (χ4n) is 2.92. The third kappa shape index (κ3) is 7.51. The van der Waals surface area contributed by atoms with Gasteiger partial charge in [0, 0.05) is 6.54 Å². The van der Waals surface area contributed by atoms with E-state index in [1.165, 1.54) is 23.5 Å². The molecule has 1 atom stereocenters. The molecule has 0 aliphatic rings. The number of nitrogens with zero attached hydrogens (tertiary/aromatic N) is 1. The molecule has 0 bridgehead atoms. The summed E-state index contributed by atoms with van der Waals surface area (Å²) in [5, 5.41) is 0. The number of nitrogens with one attached hydrogen (secondary N) is 1. The number of hydrogen-bond donors (Lipinski definition) is 1. The van der Waals surface area contributed by atoms with Crippen molar-refractivity contribution >= 4 is 27.7 Å². The zero-order valence-electron chi connectivity index (χ0n) is 19.2. The minimum absolute atomic E-state index is 0.0528. The summed E-state index contributed by atoms with van der Waals surface area (Å²) in [6.07, 6.45) is 2.25. The number of hydroxylamine groups is 1. The molecule has 0 aromatic heterocycles. The predicted molar refractivity (Wildman–Crippen MR) is 128 cm³/mol. The van der Waals surface area contributed by atoms with Gasteiger partial charge in [-0.3, -0.25) is 9.63 Å². The largest absolute Gasteiger partial charge is 0.497 e. The van der Waals surface area contributed by atoms with Gasteiger partial charge in [-0.2, -0.15) is 16.1 Å². The van der Waals surface area contributed by atoms with Crippen LogP contribution in [-0.2, 0) is 26.2 Å². The first-order valence-corrected chi connectivity index (χ1v) is 13.1. The Kier molecular flexibility index (Phi) is 9.57. The van der Waals surface area contributed by atoms with Crippen molar-refractivity contribution in [2.24, 2.45) is 0 Å². The Morgan fingerprint density at radius 1 is 1.09 bits per heavy atom. The number of benzene rings is 2. The van der Waals surface area contributed by atoms with Crippen LogP contribution in [-0.4, -0.2) is 49.4 Å². The van der Waals surface area contributed by atoms with E-state index in [4.69, 9.17) is 9.57 Å². The molecular formula is C23H32N2O5S2. The molecule has 0 spiro atoms. The molecule has 1 N–H and O–H groups in total. The molecule has 1 amide bonds. The molecule has 0 radical (unpaired) electrons. The van der Waals surface area contributed by atoms with Crippen LogP contribution < -0.4 is 10.2 Å². The molecule has 2 rings (SSSR count). The van der Waals surface area contributed by atoms with Crippen LogP contribution in [0, 0.1) is 0 Å². The van der Waals surface area contributed by atoms with Gasteiger partial charge in [-0.25, -0.2) is 13.9 Å². The number of ether oxygens (including phenoxy) is 1. The van der Waals surface area contributed by atoms with Gasteiger partial charge in [0.1, 0.15) is 11.8 Å². The second-order valence-electron chi connectivity index (χ2n) is 8.19. The SMILES string of the molecule is COc1ccc(S(=O)(=O)N(Cc2ccccc2)[C@H](CCSC)C(=O)NOC(C)(C)C)cc1. The van der Waals surface area contributed by atoms with Gasteiger partial charge >= 0.3 is 0 Å². The average Bonchev–Trinajstić information content (AvgIpc) is 2.77. The second kappa shape index (κ2) is 11.7. The highest BCUT2D eigenvalue weighted by Crippen LogP contribution is 2.25. The molecule has 0 unspecified atom stereocenters. The van der Waals surface area contributed by atoms with E-state index in [9.17, 15) is 13.2 Å². The Morgan fingerprint density at radius 2 is 1.72 bits per heavy atom. The van der Waals surface area contributed by atoms with E-state index in [1.807, 2.05) is 36.6 Å². The lowest BCUT2D eigenvalue weighted by molar-refractivity contribution is -0.149. The summed E-state index contributed by atoms with van der Waals surface area (Å²) in [4.78, 5) is 18.7. The zero-order chi connectivity index (χ0) is 23.8. The van der Waals surface area contributed by atoms with Gasteiger partial charge in [-0.15, -0.1) is 0 Å². The Morgan fingerprint density at radius 3 is 2.25 bits per heavy atom. The highest BCUT2D eigenvalue weighted by Gasteiger charge is 2.36. The van der Waals surface area contributed by atoms with Crippen molar-refractivity contribution in [1.82, 2.24) is 9.79 Å². The van der Waals surface area contributed by atoms with Crippen LogP contribution in [0.1, 0.15) is 32.8 Å². The standard InChI is InChI=1S/C23H32N2O5S2/c1-23(2,3)30-24-22(26)21(15-16-31-5)25(17-18-9-7-6-8-10-18)32(27,28)20-13-11-19(29-4)12-14-20/h6-14,21H,15-17H2,1-5H3,(H,24,26)/t21-/m1/s1. The number of carbonyl (C=O) groups is 1. The quantitative estimate of drug-likeness (QED) is 0.492. The molecule has 0 aliphatic heterocycles. The molecule has 0 heterocycles. The Balaban J connectivity index is 2.48. The highest BCUT2D eigenvalue weighted by atomic mass is 32.2. The predicted octanol–water partition coefficient (Wildman–Crippen LogP) is 3.85. The lowest BCUT2D eigenvalue weighted by Gasteiger charge is -2.31. The minimum atomic E-state index is -4.00. The maximum Gasteiger partial charge on any atom is 0.262 e. The van der Waals surface area contributed by atoms with E-state index in [1.54, 1.807) is 44.7 Å². The number of hydrogen-bond acceptors (Lipinski definition) is 6. The van der Waals surface area contributed by atoms with Crippen LogP contribution in [0.15, 0.2) is 59.5 Å². The minimum Gasteiger partial charge on any atom is -0.497 e. The highest BCUT2D eigenvalue weighted by molar-refractivity contribution is 7.98. The summed E-state index contributed by atoms with van der Waals surface area (Å²) in [5.41, 5.74) is 2.63. The van der Waals surface area contributed by atoms with Crippen molar-refractivity contribution in [1.29, 1.82) is 0 Å². The fourth-order valence-corrected chi connectivity index (χ4v) is 4.98. The van der Waals surface area contributed by atoms with Gasteiger partial charge in [0.25, 0.3) is 5.91 Å². The zero-order valence-corrected chi connectivity index (χ0v) is 20.8. The molecule has 32 heavy (non-hydrogen) atoms. The van der Waals surface area contributed by atoms with Crippen molar-refractivity contribution in [2.75, 3.05) is 19.1 Å². The van der Waals surface area contributed by atoms with E-state index in [2.05, 4.69) is 5.48 Å². The van der Waals surface area contributed by atoms with E-state index >= 15 is 0 Å². The van der Waals surface area contributed by atoms with Gasteiger partial charge in [-0.1, -0.05) is 30.3 Å². The average molecular weight is 481 g/mol. The fraction of sp³-hybridized carbons (Fsp3) is 0.435. The monoisotopic (exact) mass is 480 g/mol. The summed E-state index contributed by atoms with van der Waals surface area (Å²) in [5.74, 6) is 0.660. The number of sulfonamides is 1. The first kappa shape index (κ1) is 26.2. The van der Waals surface area contributed by atoms with E-state index in [0.29, 0.717) is 17.9 Å². The summed E-state index contributed by atoms with van der Waals surface area (Å²) in [6, 6.07) is 14.4. The third-order valence-corrected chi connectivity index (χ3v) is 7.06. The molecule has 0 saturated carbocycles. The van der Waals surface area contributed by atoms with Crippen LogP contribution >= 0.6 is 11.8 Å². The van der Waals surface area contributed by atoms with Crippen molar-refractivity contribution in [3.05, 3.63) is 60.2 Å². The van der Waals surface area contributed by atoms with Gasteiger partial charge in [-0.05, 0) is 69.0 Å². The van der Waals surface area contributed by atoms with E-state index in [0.717, 1.165) is 5.56 Å². The maximum absolute atomic E-state index is 13.7. The first-order chi connectivity index (χ1) is 15.1. The summed E-state index contributed by atoms with van der Waals surface area (Å²) in [6.45, 7) is 5.47. The van der Waals surface area contributed by atoms with E-state index in [-0.39, 0.29) is 11.4 Å². The van der Waals surface area contributed by atoms with Crippen molar-refractivity contribution < 1.29 is 22.8 Å². The van der Waals surface area contributed by atoms with Gasteiger partial charge < -0.3 is 4.74 Å². The van der Waals surface area contributed by atoms with Gasteiger partial charge in [0.15, 0.2) is 0 Å². The molecule has 0 saturated heterocycles. The van der Waals surface area contributed by atoms with Crippen molar-refractivity contribution in [2.45, 2.75) is 50.3 Å². The molecule has 2 aromatic carbocycles. The van der Waals surface area contributed by atoms with Crippen LogP contribution in [0.3, 0.4) is 0 Å². The Labute approximate surface area is 195 Å². The van der Waals surface area contributed by atoms with Crippen LogP contribution in [0.4, 0.5) is 0 Å². The van der Waals surface area contributed by atoms with Crippen LogP contribution in [0.5, 0.6) is 5.75 Å². The summed E-state index contributed by atoms with van der Waals surface area (Å²) >= 11 is 1.55. The third-order valence-electron chi connectivity index (χ3n) is 4.55. The van der Waals surface area contributed by atoms with Crippen molar-refractivity contribution in [3.63, 3.8) is 0 Å². The molecule has 7 nitrogen and oxygen atoms in total. The van der Waals surface area contributed by atoms with Gasteiger partial charge in [0.2, 0.25) is 10.0 Å². The number of carbonyl (C=O) groups excluding carboxylic acids is 1. The number of rotatable bonds is 11. The normalized spacial score (nSPS) is 13.1. The first-order valence-electron chi connectivity index (χ1n) is 10.2. The summed E-state index contributed by atoms with van der Waals surface area (Å²) < 4.78 is 33.8. The molecule has 0 aliphatic carbocycles. The van der Waals surface area contributed by atoms with Crippen LogP contribution in [0.25, 0.3) is 0 Å². The Bertz CT molecular complexity index is 958. The number of thioether (sulfide) groups is 1. The number of amides is 1. The number of methoxy groups -OCH3 is 1. The lowest BCUT2D eigenvalue weighted by atomic mass is 10.1. The molecule has 2 aromatic rings. The topological polar surface area (TPSA) is 84.9 Å². The molecule has 9 heteroatoms.